The van der Waals surface area contributed by atoms with Gasteiger partial charge in [0.25, 0.3) is 0 Å². The number of aliphatic imine (C=N–C) groups is 1. The summed E-state index contributed by atoms with van der Waals surface area (Å²) in [5, 5.41) is 0. The van der Waals surface area contributed by atoms with Crippen LogP contribution in [0.15, 0.2) is 41.5 Å². The SMILES string of the molecule is CN=C(/C=C\N(C=O)c1ccc(CC(C)N2CCC3(CC2)CC3CN)cc1)N1CCN(C(=O)C(C)(C)N)CC1. The zero-order valence-electron chi connectivity index (χ0n) is 24.2. The van der Waals surface area contributed by atoms with E-state index in [1.165, 1.54) is 24.8 Å². The highest BCUT2D eigenvalue weighted by Crippen LogP contribution is 2.58. The number of carbonyl (C=O) groups is 2. The maximum Gasteiger partial charge on any atom is 0.242 e. The monoisotopic (exact) mass is 537 g/mol. The van der Waals surface area contributed by atoms with Crippen LogP contribution in [0.4, 0.5) is 5.69 Å². The van der Waals surface area contributed by atoms with Crippen LogP contribution in [-0.2, 0) is 16.0 Å². The summed E-state index contributed by atoms with van der Waals surface area (Å²) < 4.78 is 0. The normalized spacial score (nSPS) is 22.8. The fourth-order valence-corrected chi connectivity index (χ4v) is 6.26. The molecule has 4 rings (SSSR count). The number of hydrogen-bond donors (Lipinski definition) is 2. The summed E-state index contributed by atoms with van der Waals surface area (Å²) in [6, 6.07) is 8.74. The van der Waals surface area contributed by atoms with E-state index in [1.54, 1.807) is 36.9 Å². The lowest BCUT2D eigenvalue weighted by molar-refractivity contribution is -0.137. The van der Waals surface area contributed by atoms with Gasteiger partial charge in [-0.1, -0.05) is 12.1 Å². The van der Waals surface area contributed by atoms with Crippen molar-refractivity contribution in [3.63, 3.8) is 0 Å². The quantitative estimate of drug-likeness (QED) is 0.283. The van der Waals surface area contributed by atoms with Gasteiger partial charge in [-0.25, -0.2) is 0 Å². The van der Waals surface area contributed by atoms with Gasteiger partial charge in [0.1, 0.15) is 5.84 Å². The van der Waals surface area contributed by atoms with Crippen LogP contribution < -0.4 is 16.4 Å². The highest BCUT2D eigenvalue weighted by molar-refractivity contribution is 5.94. The lowest BCUT2D eigenvalue weighted by atomic mass is 9.89. The van der Waals surface area contributed by atoms with Crippen molar-refractivity contribution in [2.24, 2.45) is 27.8 Å². The lowest BCUT2D eigenvalue weighted by Gasteiger charge is -2.38. The van der Waals surface area contributed by atoms with E-state index in [4.69, 9.17) is 11.5 Å². The van der Waals surface area contributed by atoms with Gasteiger partial charge in [-0.3, -0.25) is 19.5 Å². The number of piperidine rings is 1. The van der Waals surface area contributed by atoms with E-state index in [-0.39, 0.29) is 5.91 Å². The predicted molar refractivity (Wildman–Crippen MR) is 157 cm³/mol. The van der Waals surface area contributed by atoms with E-state index < -0.39 is 5.54 Å². The number of anilines is 1. The second-order valence-electron chi connectivity index (χ2n) is 12.2. The minimum Gasteiger partial charge on any atom is -0.353 e. The van der Waals surface area contributed by atoms with Gasteiger partial charge in [0.15, 0.2) is 0 Å². The molecular weight excluding hydrogens is 490 g/mol. The number of piperazine rings is 1. The predicted octanol–water partition coefficient (Wildman–Crippen LogP) is 2.06. The highest BCUT2D eigenvalue weighted by Gasteiger charge is 2.53. The summed E-state index contributed by atoms with van der Waals surface area (Å²) in [6.45, 7) is 11.5. The first-order chi connectivity index (χ1) is 18.6. The van der Waals surface area contributed by atoms with Crippen molar-refractivity contribution in [3.05, 3.63) is 42.1 Å². The second kappa shape index (κ2) is 12.2. The van der Waals surface area contributed by atoms with E-state index in [0.29, 0.717) is 37.6 Å². The summed E-state index contributed by atoms with van der Waals surface area (Å²) in [6.07, 6.45) is 9.30. The molecule has 9 nitrogen and oxygen atoms in total. The van der Waals surface area contributed by atoms with E-state index in [0.717, 1.165) is 49.9 Å². The zero-order valence-corrected chi connectivity index (χ0v) is 24.2. The number of rotatable bonds is 9. The molecule has 3 fully saturated rings. The molecular formula is C30H47N7O2. The van der Waals surface area contributed by atoms with Crippen LogP contribution in [-0.4, -0.2) is 97.3 Å². The minimum atomic E-state index is -0.872. The average molecular weight is 538 g/mol. The first kappa shape index (κ1) is 29.2. The largest absolute Gasteiger partial charge is 0.353 e. The van der Waals surface area contributed by atoms with Gasteiger partial charge in [-0.05, 0) is 101 Å². The van der Waals surface area contributed by atoms with Crippen molar-refractivity contribution in [3.8, 4) is 0 Å². The van der Waals surface area contributed by atoms with Crippen molar-refractivity contribution >= 4 is 23.8 Å². The maximum absolute atomic E-state index is 12.5. The van der Waals surface area contributed by atoms with Crippen LogP contribution in [0.2, 0.25) is 0 Å². The van der Waals surface area contributed by atoms with Gasteiger partial charge in [0.2, 0.25) is 12.3 Å². The van der Waals surface area contributed by atoms with Crippen molar-refractivity contribution in [1.29, 1.82) is 0 Å². The van der Waals surface area contributed by atoms with Gasteiger partial charge in [-0.15, -0.1) is 0 Å². The molecule has 2 heterocycles. The molecule has 39 heavy (non-hydrogen) atoms. The van der Waals surface area contributed by atoms with Crippen molar-refractivity contribution in [1.82, 2.24) is 14.7 Å². The molecule has 1 aromatic carbocycles. The Morgan fingerprint density at radius 3 is 2.26 bits per heavy atom. The Morgan fingerprint density at radius 1 is 1.13 bits per heavy atom. The first-order valence-electron chi connectivity index (χ1n) is 14.3. The van der Waals surface area contributed by atoms with Crippen LogP contribution >= 0.6 is 0 Å². The van der Waals surface area contributed by atoms with E-state index in [1.807, 2.05) is 18.2 Å². The molecule has 2 atom stereocenters. The molecule has 1 aliphatic carbocycles. The summed E-state index contributed by atoms with van der Waals surface area (Å²) in [7, 11) is 1.74. The summed E-state index contributed by atoms with van der Waals surface area (Å²) in [5.41, 5.74) is 13.7. The third-order valence-corrected chi connectivity index (χ3v) is 9.00. The molecule has 2 unspecified atom stereocenters. The molecule has 0 aromatic heterocycles. The number of nitrogens with two attached hydrogens (primary N) is 2. The molecule has 1 aromatic rings. The van der Waals surface area contributed by atoms with Crippen LogP contribution in [0, 0.1) is 11.3 Å². The number of amides is 2. The molecule has 0 bridgehead atoms. The van der Waals surface area contributed by atoms with Crippen LogP contribution in [0.25, 0.3) is 0 Å². The summed E-state index contributed by atoms with van der Waals surface area (Å²) in [4.78, 5) is 36.9. The number of carbonyl (C=O) groups excluding carboxylic acids is 2. The Balaban J connectivity index is 1.28. The summed E-state index contributed by atoms with van der Waals surface area (Å²) in [5.74, 6) is 1.49. The van der Waals surface area contributed by atoms with Crippen LogP contribution in [0.3, 0.4) is 0 Å². The van der Waals surface area contributed by atoms with Gasteiger partial charge in [-0.2, -0.15) is 0 Å². The Bertz CT molecular complexity index is 1050. The number of likely N-dealkylation sites (tertiary alicyclic amines) is 1. The minimum absolute atomic E-state index is 0.0409. The Morgan fingerprint density at radius 2 is 1.74 bits per heavy atom. The van der Waals surface area contributed by atoms with Crippen LogP contribution in [0.5, 0.6) is 0 Å². The van der Waals surface area contributed by atoms with E-state index >= 15 is 0 Å². The van der Waals surface area contributed by atoms with Gasteiger partial charge < -0.3 is 26.2 Å². The van der Waals surface area contributed by atoms with Crippen molar-refractivity contribution < 1.29 is 9.59 Å². The molecule has 2 aliphatic heterocycles. The second-order valence-corrected chi connectivity index (χ2v) is 12.2. The van der Waals surface area contributed by atoms with Gasteiger partial charge in [0, 0.05) is 51.2 Å². The van der Waals surface area contributed by atoms with Crippen LogP contribution in [0.1, 0.15) is 45.6 Å². The molecule has 3 aliphatic rings. The fourth-order valence-electron chi connectivity index (χ4n) is 6.26. The molecule has 214 valence electrons. The molecule has 4 N–H and O–H groups in total. The Kier molecular flexibility index (Phi) is 9.14. The lowest BCUT2D eigenvalue weighted by Crippen LogP contribution is -2.57. The van der Waals surface area contributed by atoms with Gasteiger partial charge in [0.05, 0.1) is 5.54 Å². The first-order valence-corrected chi connectivity index (χ1v) is 14.3. The third kappa shape index (κ3) is 6.88. The number of nitrogens with zero attached hydrogens (tertiary/aromatic N) is 5. The molecule has 1 saturated carbocycles. The average Bonchev–Trinajstić information content (AvgIpc) is 3.63. The number of hydrogen-bond acceptors (Lipinski definition) is 6. The molecule has 2 saturated heterocycles. The van der Waals surface area contributed by atoms with Gasteiger partial charge >= 0.3 is 0 Å². The van der Waals surface area contributed by atoms with E-state index in [2.05, 4.69) is 33.8 Å². The smallest absolute Gasteiger partial charge is 0.242 e. The van der Waals surface area contributed by atoms with E-state index in [9.17, 15) is 9.59 Å². The van der Waals surface area contributed by atoms with Crippen molar-refractivity contribution in [2.45, 2.75) is 58.0 Å². The zero-order chi connectivity index (χ0) is 28.2. The standard InChI is InChI=1S/C30H47N7O2/c1-23(34-13-10-30(11-14-34)20-25(30)21-31)19-24-5-7-26(8-6-24)37(22-38)12-9-27(33-4)35-15-17-36(18-16-35)28(39)29(2,3)32/h5-9,12,22-23,25H,10-11,13-21,31-32H2,1-4H3/b12-9-,33-27?. The number of amidine groups is 1. The summed E-state index contributed by atoms with van der Waals surface area (Å²) >= 11 is 0. The maximum atomic E-state index is 12.5. The molecule has 0 radical (unpaired) electrons. The molecule has 1 spiro atoms. The molecule has 2 amide bonds. The number of benzene rings is 1. The third-order valence-electron chi connectivity index (χ3n) is 9.00. The highest BCUT2D eigenvalue weighted by atomic mass is 16.2. The topological polar surface area (TPSA) is 111 Å². The fraction of sp³-hybridized carbons (Fsp3) is 0.633. The Hall–Kier alpha value is -2.75. The van der Waals surface area contributed by atoms with Crippen molar-refractivity contribution in [2.75, 3.05) is 57.8 Å². The Labute approximate surface area is 233 Å². The molecule has 9 heteroatoms.